The summed E-state index contributed by atoms with van der Waals surface area (Å²) >= 11 is 0. The van der Waals surface area contributed by atoms with E-state index >= 15 is 0 Å². The third-order valence-electron chi connectivity index (χ3n) is 4.65. The molecule has 7 nitrogen and oxygen atoms in total. The number of anilines is 1. The Labute approximate surface area is 182 Å². The van der Waals surface area contributed by atoms with Crippen LogP contribution in [0.3, 0.4) is 0 Å². The first-order chi connectivity index (χ1) is 14.8. The second-order valence-corrected chi connectivity index (χ2v) is 8.55. The Morgan fingerprint density at radius 1 is 0.903 bits per heavy atom. The Bertz CT molecular complexity index is 1140. The quantitative estimate of drug-likeness (QED) is 0.576. The Hall–Kier alpha value is -3.52. The molecule has 0 radical (unpaired) electrons. The monoisotopic (exact) mass is 440 g/mol. The summed E-state index contributed by atoms with van der Waals surface area (Å²) in [7, 11) is 1.07. The summed E-state index contributed by atoms with van der Waals surface area (Å²) in [6.45, 7) is 0.419. The zero-order valence-electron chi connectivity index (χ0n) is 17.5. The van der Waals surface area contributed by atoms with Crippen molar-refractivity contribution in [3.05, 3.63) is 83.9 Å². The number of benzene rings is 3. The van der Waals surface area contributed by atoms with Crippen LogP contribution < -0.4 is 14.2 Å². The first-order valence-corrected chi connectivity index (χ1v) is 11.0. The SMILES string of the molecule is COc1ccc(S(=O)(=O)Nc2ccc(C(=O)N(C)Cc3cccc(OC)c3)cc2)cc1. The lowest BCUT2D eigenvalue weighted by Crippen LogP contribution is -2.26. The van der Waals surface area contributed by atoms with Gasteiger partial charge >= 0.3 is 0 Å². The van der Waals surface area contributed by atoms with E-state index in [1.807, 2.05) is 24.3 Å². The number of carbonyl (C=O) groups is 1. The molecule has 0 aliphatic heterocycles. The summed E-state index contributed by atoms with van der Waals surface area (Å²) < 4.78 is 37.9. The van der Waals surface area contributed by atoms with Gasteiger partial charge in [-0.25, -0.2) is 8.42 Å². The van der Waals surface area contributed by atoms with Gasteiger partial charge in [0.1, 0.15) is 11.5 Å². The van der Waals surface area contributed by atoms with Crippen LogP contribution in [0.15, 0.2) is 77.7 Å². The first kappa shape index (κ1) is 22.2. The fourth-order valence-electron chi connectivity index (χ4n) is 2.99. The van der Waals surface area contributed by atoms with E-state index in [0.717, 1.165) is 11.3 Å². The van der Waals surface area contributed by atoms with Gasteiger partial charge in [0.15, 0.2) is 0 Å². The number of rotatable bonds is 8. The minimum atomic E-state index is -3.75. The number of nitrogens with one attached hydrogen (secondary N) is 1. The van der Waals surface area contributed by atoms with Gasteiger partial charge in [-0.05, 0) is 66.2 Å². The van der Waals surface area contributed by atoms with Gasteiger partial charge in [-0.2, -0.15) is 0 Å². The number of hydrogen-bond donors (Lipinski definition) is 1. The van der Waals surface area contributed by atoms with Crippen molar-refractivity contribution in [1.29, 1.82) is 0 Å². The first-order valence-electron chi connectivity index (χ1n) is 9.48. The third-order valence-corrected chi connectivity index (χ3v) is 6.05. The highest BCUT2D eigenvalue weighted by Crippen LogP contribution is 2.20. The smallest absolute Gasteiger partial charge is 0.261 e. The average Bonchev–Trinajstić information content (AvgIpc) is 2.79. The van der Waals surface area contributed by atoms with Crippen LogP contribution >= 0.6 is 0 Å². The number of nitrogens with zero attached hydrogens (tertiary/aromatic N) is 1. The molecule has 0 aliphatic carbocycles. The van der Waals surface area contributed by atoms with Crippen LogP contribution in [0.2, 0.25) is 0 Å². The lowest BCUT2D eigenvalue weighted by atomic mass is 10.1. The van der Waals surface area contributed by atoms with Crippen LogP contribution in [-0.4, -0.2) is 40.5 Å². The minimum absolute atomic E-state index is 0.117. The maximum Gasteiger partial charge on any atom is 0.261 e. The van der Waals surface area contributed by atoms with E-state index < -0.39 is 10.0 Å². The van der Waals surface area contributed by atoms with E-state index in [1.165, 1.54) is 19.2 Å². The zero-order chi connectivity index (χ0) is 22.4. The van der Waals surface area contributed by atoms with Crippen LogP contribution in [0.5, 0.6) is 11.5 Å². The molecule has 0 unspecified atom stereocenters. The molecule has 0 atom stereocenters. The molecule has 162 valence electrons. The standard InChI is InChI=1S/C23H24N2O5S/c1-25(16-17-5-4-6-21(15-17)30-3)23(26)18-7-9-19(10-8-18)24-31(27,28)22-13-11-20(29-2)12-14-22/h4-15,24H,16H2,1-3H3. The van der Waals surface area contributed by atoms with Gasteiger partial charge in [0.2, 0.25) is 0 Å². The predicted molar refractivity (Wildman–Crippen MR) is 119 cm³/mol. The van der Waals surface area contributed by atoms with Crippen molar-refractivity contribution in [2.75, 3.05) is 26.0 Å². The Kier molecular flexibility index (Phi) is 6.81. The van der Waals surface area contributed by atoms with Crippen LogP contribution in [0.4, 0.5) is 5.69 Å². The van der Waals surface area contributed by atoms with Gasteiger partial charge < -0.3 is 14.4 Å². The summed E-state index contributed by atoms with van der Waals surface area (Å²) in [5, 5.41) is 0. The van der Waals surface area contributed by atoms with E-state index in [-0.39, 0.29) is 10.8 Å². The van der Waals surface area contributed by atoms with E-state index in [9.17, 15) is 13.2 Å². The van der Waals surface area contributed by atoms with Crippen LogP contribution in [0, 0.1) is 0 Å². The van der Waals surface area contributed by atoms with E-state index in [1.54, 1.807) is 55.5 Å². The molecule has 3 aromatic rings. The summed E-state index contributed by atoms with van der Waals surface area (Å²) in [6.07, 6.45) is 0. The molecule has 1 N–H and O–H groups in total. The number of carbonyl (C=O) groups excluding carboxylic acids is 1. The lowest BCUT2D eigenvalue weighted by molar-refractivity contribution is 0.0785. The normalized spacial score (nSPS) is 10.9. The van der Waals surface area contributed by atoms with Gasteiger partial charge in [0.25, 0.3) is 15.9 Å². The lowest BCUT2D eigenvalue weighted by Gasteiger charge is -2.18. The molecule has 0 saturated carbocycles. The van der Waals surface area contributed by atoms with E-state index in [4.69, 9.17) is 9.47 Å². The van der Waals surface area contributed by atoms with Crippen molar-refractivity contribution in [1.82, 2.24) is 4.90 Å². The largest absolute Gasteiger partial charge is 0.497 e. The molecule has 3 aromatic carbocycles. The van der Waals surface area contributed by atoms with Gasteiger partial charge in [0, 0.05) is 24.8 Å². The number of amides is 1. The molecule has 0 aliphatic rings. The van der Waals surface area contributed by atoms with Crippen LogP contribution in [-0.2, 0) is 16.6 Å². The summed E-state index contributed by atoms with van der Waals surface area (Å²) in [4.78, 5) is 14.4. The average molecular weight is 441 g/mol. The molecule has 8 heteroatoms. The van der Waals surface area contributed by atoms with Crippen molar-refractivity contribution >= 4 is 21.6 Å². The molecule has 0 aromatic heterocycles. The molecule has 0 bridgehead atoms. The number of methoxy groups -OCH3 is 2. The van der Waals surface area contributed by atoms with Crippen molar-refractivity contribution in [3.63, 3.8) is 0 Å². The Morgan fingerprint density at radius 2 is 1.55 bits per heavy atom. The fourth-order valence-corrected chi connectivity index (χ4v) is 4.05. The van der Waals surface area contributed by atoms with Gasteiger partial charge in [-0.15, -0.1) is 0 Å². The second kappa shape index (κ2) is 9.53. The predicted octanol–water partition coefficient (Wildman–Crippen LogP) is 3.78. The maximum absolute atomic E-state index is 12.7. The third kappa shape index (κ3) is 5.55. The van der Waals surface area contributed by atoms with Crippen molar-refractivity contribution in [3.8, 4) is 11.5 Å². The molecule has 0 fully saturated rings. The summed E-state index contributed by atoms with van der Waals surface area (Å²) in [5.74, 6) is 1.12. The van der Waals surface area contributed by atoms with E-state index in [0.29, 0.717) is 23.5 Å². The Balaban J connectivity index is 1.67. The molecular weight excluding hydrogens is 416 g/mol. The minimum Gasteiger partial charge on any atom is -0.497 e. The maximum atomic E-state index is 12.7. The molecule has 3 rings (SSSR count). The topological polar surface area (TPSA) is 84.9 Å². The summed E-state index contributed by atoms with van der Waals surface area (Å²) in [5.41, 5.74) is 1.76. The molecule has 31 heavy (non-hydrogen) atoms. The molecule has 0 heterocycles. The molecule has 0 spiro atoms. The molecule has 1 amide bonds. The van der Waals surface area contributed by atoms with Crippen molar-refractivity contribution in [2.45, 2.75) is 11.4 Å². The molecule has 0 saturated heterocycles. The van der Waals surface area contributed by atoms with Crippen LogP contribution in [0.1, 0.15) is 15.9 Å². The number of sulfonamides is 1. The Morgan fingerprint density at radius 3 is 2.16 bits per heavy atom. The highest BCUT2D eigenvalue weighted by Gasteiger charge is 2.16. The number of hydrogen-bond acceptors (Lipinski definition) is 5. The highest BCUT2D eigenvalue weighted by atomic mass is 32.2. The van der Waals surface area contributed by atoms with Gasteiger partial charge in [-0.3, -0.25) is 9.52 Å². The van der Waals surface area contributed by atoms with Gasteiger partial charge in [0.05, 0.1) is 19.1 Å². The summed E-state index contributed by atoms with van der Waals surface area (Å²) in [6, 6.07) is 19.9. The zero-order valence-corrected chi connectivity index (χ0v) is 18.3. The van der Waals surface area contributed by atoms with Gasteiger partial charge in [-0.1, -0.05) is 12.1 Å². The van der Waals surface area contributed by atoms with E-state index in [2.05, 4.69) is 4.72 Å². The second-order valence-electron chi connectivity index (χ2n) is 6.87. The highest BCUT2D eigenvalue weighted by molar-refractivity contribution is 7.92. The van der Waals surface area contributed by atoms with Crippen LogP contribution in [0.25, 0.3) is 0 Å². The number of ether oxygens (including phenoxy) is 2. The van der Waals surface area contributed by atoms with Crippen molar-refractivity contribution < 1.29 is 22.7 Å². The fraction of sp³-hybridized carbons (Fsp3) is 0.174. The van der Waals surface area contributed by atoms with Crippen molar-refractivity contribution in [2.24, 2.45) is 0 Å². The molecular formula is C23H24N2O5S.